The second-order valence-electron chi connectivity index (χ2n) is 8.28. The molecular formula is C20H28O5S. The van der Waals surface area contributed by atoms with Crippen molar-refractivity contribution in [3.8, 4) is 0 Å². The molecule has 1 heterocycles. The van der Waals surface area contributed by atoms with Crippen molar-refractivity contribution in [2.45, 2.75) is 62.6 Å². The third kappa shape index (κ3) is 3.98. The number of ether oxygens (including phenoxy) is 2. The number of aryl methyl sites for hydroxylation is 1. The van der Waals surface area contributed by atoms with Crippen molar-refractivity contribution in [2.24, 2.45) is 11.3 Å². The summed E-state index contributed by atoms with van der Waals surface area (Å²) in [7, 11) is -3.72. The SMILES string of the molecule is Cc1ccc(S(=O)(=O)OCC2(CC3CC3)CCC3(CC2)OCCO3)cc1. The molecule has 2 saturated carbocycles. The smallest absolute Gasteiger partial charge is 0.296 e. The van der Waals surface area contributed by atoms with Crippen LogP contribution >= 0.6 is 0 Å². The van der Waals surface area contributed by atoms with Crippen LogP contribution in [0.15, 0.2) is 29.2 Å². The summed E-state index contributed by atoms with van der Waals surface area (Å²) in [4.78, 5) is 0.236. The van der Waals surface area contributed by atoms with Crippen LogP contribution < -0.4 is 0 Å². The fourth-order valence-electron chi connectivity index (χ4n) is 4.26. The van der Waals surface area contributed by atoms with Crippen LogP contribution in [0.25, 0.3) is 0 Å². The molecule has 0 atom stereocenters. The van der Waals surface area contributed by atoms with Crippen LogP contribution in [0.2, 0.25) is 0 Å². The highest BCUT2D eigenvalue weighted by Gasteiger charge is 2.48. The van der Waals surface area contributed by atoms with Gasteiger partial charge in [-0.15, -0.1) is 0 Å². The maximum Gasteiger partial charge on any atom is 0.296 e. The Labute approximate surface area is 156 Å². The maximum absolute atomic E-state index is 12.6. The minimum Gasteiger partial charge on any atom is -0.348 e. The number of hydrogen-bond donors (Lipinski definition) is 0. The van der Waals surface area contributed by atoms with Gasteiger partial charge in [0.25, 0.3) is 10.1 Å². The summed E-state index contributed by atoms with van der Waals surface area (Å²) in [5.41, 5.74) is 0.947. The lowest BCUT2D eigenvalue weighted by atomic mass is 9.69. The van der Waals surface area contributed by atoms with Crippen LogP contribution in [0.3, 0.4) is 0 Å². The van der Waals surface area contributed by atoms with Gasteiger partial charge < -0.3 is 9.47 Å². The van der Waals surface area contributed by atoms with Gasteiger partial charge >= 0.3 is 0 Å². The van der Waals surface area contributed by atoms with Crippen molar-refractivity contribution in [3.05, 3.63) is 29.8 Å². The van der Waals surface area contributed by atoms with E-state index in [9.17, 15) is 8.42 Å². The summed E-state index contributed by atoms with van der Waals surface area (Å²) in [6, 6.07) is 6.84. The van der Waals surface area contributed by atoms with Gasteiger partial charge in [0.05, 0.1) is 24.7 Å². The Bertz CT molecular complexity index is 720. The summed E-state index contributed by atoms with van der Waals surface area (Å²) in [5, 5.41) is 0. The van der Waals surface area contributed by atoms with Crippen molar-refractivity contribution >= 4 is 10.1 Å². The second kappa shape index (κ2) is 6.89. The van der Waals surface area contributed by atoms with Crippen LogP contribution in [0.4, 0.5) is 0 Å². The molecule has 0 aromatic heterocycles. The van der Waals surface area contributed by atoms with Crippen molar-refractivity contribution in [1.29, 1.82) is 0 Å². The first-order valence-electron chi connectivity index (χ1n) is 9.65. The molecule has 1 aliphatic heterocycles. The Balaban J connectivity index is 1.45. The molecule has 1 aromatic carbocycles. The van der Waals surface area contributed by atoms with E-state index in [0.29, 0.717) is 13.2 Å². The van der Waals surface area contributed by atoms with Crippen LogP contribution in [0.1, 0.15) is 50.5 Å². The van der Waals surface area contributed by atoms with Gasteiger partial charge in [-0.1, -0.05) is 30.5 Å². The first-order chi connectivity index (χ1) is 12.4. The molecule has 0 unspecified atom stereocenters. The van der Waals surface area contributed by atoms with Crippen LogP contribution in [0.5, 0.6) is 0 Å². The quantitative estimate of drug-likeness (QED) is 0.703. The van der Waals surface area contributed by atoms with Gasteiger partial charge in [-0.2, -0.15) is 8.42 Å². The monoisotopic (exact) mass is 380 g/mol. The normalized spacial score (nSPS) is 24.8. The predicted octanol–water partition coefficient (Wildman–Crippen LogP) is 3.80. The van der Waals surface area contributed by atoms with Crippen molar-refractivity contribution in [1.82, 2.24) is 0 Å². The Hall–Kier alpha value is -0.950. The molecule has 0 amide bonds. The van der Waals surface area contributed by atoms with Crippen LogP contribution in [-0.4, -0.2) is 34.0 Å². The molecule has 3 fully saturated rings. The van der Waals surface area contributed by atoms with Crippen molar-refractivity contribution < 1.29 is 22.1 Å². The van der Waals surface area contributed by atoms with Crippen LogP contribution in [-0.2, 0) is 23.8 Å². The zero-order valence-corrected chi connectivity index (χ0v) is 16.2. The minimum atomic E-state index is -3.72. The molecule has 26 heavy (non-hydrogen) atoms. The molecule has 144 valence electrons. The lowest BCUT2D eigenvalue weighted by Crippen LogP contribution is -2.42. The van der Waals surface area contributed by atoms with Gasteiger partial charge in [0, 0.05) is 12.8 Å². The Morgan fingerprint density at radius 1 is 1.04 bits per heavy atom. The van der Waals surface area contributed by atoms with E-state index in [1.54, 1.807) is 24.3 Å². The maximum atomic E-state index is 12.6. The van der Waals surface area contributed by atoms with Gasteiger partial charge in [-0.05, 0) is 49.7 Å². The van der Waals surface area contributed by atoms with E-state index in [2.05, 4.69) is 0 Å². The van der Waals surface area contributed by atoms with Crippen molar-refractivity contribution in [3.63, 3.8) is 0 Å². The van der Waals surface area contributed by atoms with E-state index < -0.39 is 15.9 Å². The van der Waals surface area contributed by atoms with E-state index in [1.165, 1.54) is 12.8 Å². The predicted molar refractivity (Wildman–Crippen MR) is 97.2 cm³/mol. The molecule has 1 aromatic rings. The number of benzene rings is 1. The van der Waals surface area contributed by atoms with E-state index >= 15 is 0 Å². The van der Waals surface area contributed by atoms with Gasteiger partial charge in [0.1, 0.15) is 0 Å². The molecule has 1 saturated heterocycles. The molecule has 0 bridgehead atoms. The van der Waals surface area contributed by atoms with E-state index in [0.717, 1.165) is 43.6 Å². The average Bonchev–Trinajstić information content (AvgIpc) is 3.32. The topological polar surface area (TPSA) is 61.8 Å². The molecular weight excluding hydrogens is 352 g/mol. The van der Waals surface area contributed by atoms with E-state index in [4.69, 9.17) is 13.7 Å². The Kier molecular flexibility index (Phi) is 4.88. The van der Waals surface area contributed by atoms with Crippen molar-refractivity contribution in [2.75, 3.05) is 19.8 Å². The van der Waals surface area contributed by atoms with Gasteiger partial charge in [0.2, 0.25) is 0 Å². The molecule has 0 N–H and O–H groups in total. The summed E-state index contributed by atoms with van der Waals surface area (Å²) in [6.07, 6.45) is 7.00. The Morgan fingerprint density at radius 3 is 2.23 bits per heavy atom. The molecule has 2 aliphatic carbocycles. The Morgan fingerprint density at radius 2 is 1.65 bits per heavy atom. The average molecular weight is 381 g/mol. The molecule has 0 radical (unpaired) electrons. The number of hydrogen-bond acceptors (Lipinski definition) is 5. The second-order valence-corrected chi connectivity index (χ2v) is 9.90. The fourth-order valence-corrected chi connectivity index (χ4v) is 5.27. The van der Waals surface area contributed by atoms with E-state index in [-0.39, 0.29) is 16.9 Å². The lowest BCUT2D eigenvalue weighted by Gasteiger charge is -2.43. The molecule has 6 heteroatoms. The highest BCUT2D eigenvalue weighted by atomic mass is 32.2. The first kappa shape index (κ1) is 18.4. The molecule has 3 aliphatic rings. The molecule has 1 spiro atoms. The minimum absolute atomic E-state index is 0.0838. The van der Waals surface area contributed by atoms with Gasteiger partial charge in [-0.25, -0.2) is 0 Å². The summed E-state index contributed by atoms with van der Waals surface area (Å²) >= 11 is 0. The zero-order chi connectivity index (χ0) is 18.3. The van der Waals surface area contributed by atoms with Gasteiger partial charge in [0.15, 0.2) is 5.79 Å². The van der Waals surface area contributed by atoms with Gasteiger partial charge in [-0.3, -0.25) is 4.18 Å². The lowest BCUT2D eigenvalue weighted by molar-refractivity contribution is -0.195. The highest BCUT2D eigenvalue weighted by molar-refractivity contribution is 7.86. The third-order valence-corrected chi connectivity index (χ3v) is 7.41. The fraction of sp³-hybridized carbons (Fsp3) is 0.700. The molecule has 4 rings (SSSR count). The third-order valence-electron chi connectivity index (χ3n) is 6.13. The first-order valence-corrected chi connectivity index (χ1v) is 11.1. The number of rotatable bonds is 6. The standard InChI is InChI=1S/C20H28O5S/c1-16-2-6-18(7-3-16)26(21,22)25-15-19(14-17-4-5-17)8-10-20(11-9-19)23-12-13-24-20/h2-3,6-7,17H,4-5,8-15H2,1H3. The summed E-state index contributed by atoms with van der Waals surface area (Å²) < 4.78 is 42.5. The van der Waals surface area contributed by atoms with Crippen LogP contribution in [0, 0.1) is 18.3 Å². The zero-order valence-electron chi connectivity index (χ0n) is 15.4. The van der Waals surface area contributed by atoms with E-state index in [1.807, 2.05) is 6.92 Å². The highest BCUT2D eigenvalue weighted by Crippen LogP contribution is 2.51. The largest absolute Gasteiger partial charge is 0.348 e. The summed E-state index contributed by atoms with van der Waals surface area (Å²) in [6.45, 7) is 3.52. The summed E-state index contributed by atoms with van der Waals surface area (Å²) in [5.74, 6) is 0.295. The molecule has 5 nitrogen and oxygen atoms in total.